The molecule has 1 aliphatic carbocycles. The molecule has 0 bridgehead atoms. The van der Waals surface area contributed by atoms with Gasteiger partial charge in [-0.05, 0) is 44.0 Å². The average Bonchev–Trinajstić information content (AvgIpc) is 3.41. The molecule has 3 aromatic rings. The van der Waals surface area contributed by atoms with E-state index >= 15 is 0 Å². The molecular formula is C20H18N2O3. The van der Waals surface area contributed by atoms with E-state index in [1.54, 1.807) is 13.1 Å². The summed E-state index contributed by atoms with van der Waals surface area (Å²) in [6.45, 7) is 1.80. The number of nitrogens with zero attached hydrogens (tertiary/aromatic N) is 2. The Morgan fingerprint density at radius 1 is 1.16 bits per heavy atom. The number of rotatable bonds is 5. The summed E-state index contributed by atoms with van der Waals surface area (Å²) in [4.78, 5) is 21.3. The topological polar surface area (TPSA) is 65.2 Å². The number of hydrogen-bond donors (Lipinski definition) is 0. The van der Waals surface area contributed by atoms with Crippen LogP contribution in [-0.4, -0.2) is 15.9 Å². The van der Waals surface area contributed by atoms with Crippen LogP contribution < -0.4 is 0 Å². The van der Waals surface area contributed by atoms with Gasteiger partial charge >= 0.3 is 5.97 Å². The van der Waals surface area contributed by atoms with E-state index in [1.807, 2.05) is 48.5 Å². The van der Waals surface area contributed by atoms with Gasteiger partial charge in [0.1, 0.15) is 11.9 Å². The van der Waals surface area contributed by atoms with Gasteiger partial charge in [0.2, 0.25) is 5.89 Å². The van der Waals surface area contributed by atoms with Crippen LogP contribution in [-0.2, 0) is 4.74 Å². The lowest BCUT2D eigenvalue weighted by molar-refractivity contribution is 0.0320. The van der Waals surface area contributed by atoms with Crippen molar-refractivity contribution in [1.29, 1.82) is 0 Å². The minimum absolute atomic E-state index is 0.262. The summed E-state index contributed by atoms with van der Waals surface area (Å²) in [5, 5.41) is 0. The number of ether oxygens (including phenoxy) is 1. The highest BCUT2D eigenvalue weighted by Gasteiger charge is 2.35. The highest BCUT2D eigenvalue weighted by Crippen LogP contribution is 2.43. The summed E-state index contributed by atoms with van der Waals surface area (Å²) in [5.41, 5.74) is 1.83. The Labute approximate surface area is 145 Å². The third-order valence-corrected chi connectivity index (χ3v) is 4.20. The van der Waals surface area contributed by atoms with E-state index in [0.29, 0.717) is 17.3 Å². The first kappa shape index (κ1) is 15.6. The zero-order valence-electron chi connectivity index (χ0n) is 13.9. The largest absolute Gasteiger partial charge is 0.451 e. The van der Waals surface area contributed by atoms with Crippen molar-refractivity contribution in [3.63, 3.8) is 0 Å². The molecule has 5 nitrogen and oxygen atoms in total. The fourth-order valence-corrected chi connectivity index (χ4v) is 2.70. The molecule has 2 aromatic heterocycles. The first-order valence-electron chi connectivity index (χ1n) is 8.40. The monoisotopic (exact) mass is 334 g/mol. The summed E-state index contributed by atoms with van der Waals surface area (Å²) < 4.78 is 11.5. The standard InChI is InChI=1S/C20H18N2O3/c1-13(16-9-5-6-12-21-16)24-20(23)17-18(14-10-11-14)25-19(22-17)15-7-3-2-4-8-15/h2-9,12-14H,10-11H2,1H3. The van der Waals surface area contributed by atoms with Crippen molar-refractivity contribution in [2.45, 2.75) is 31.8 Å². The molecule has 0 saturated heterocycles. The lowest BCUT2D eigenvalue weighted by Gasteiger charge is -2.11. The van der Waals surface area contributed by atoms with E-state index in [4.69, 9.17) is 9.15 Å². The quantitative estimate of drug-likeness (QED) is 0.641. The van der Waals surface area contributed by atoms with Crippen LogP contribution in [0.4, 0.5) is 0 Å². The number of carbonyl (C=O) groups excluding carboxylic acids is 1. The highest BCUT2D eigenvalue weighted by molar-refractivity contribution is 5.89. The predicted octanol–water partition coefficient (Wildman–Crippen LogP) is 4.53. The van der Waals surface area contributed by atoms with Crippen LogP contribution in [0.1, 0.15) is 53.7 Å². The van der Waals surface area contributed by atoms with Gasteiger partial charge in [-0.15, -0.1) is 0 Å². The van der Waals surface area contributed by atoms with Crippen molar-refractivity contribution >= 4 is 5.97 Å². The van der Waals surface area contributed by atoms with Gasteiger partial charge in [0.15, 0.2) is 5.69 Å². The number of hydrogen-bond acceptors (Lipinski definition) is 5. The summed E-state index contributed by atoms with van der Waals surface area (Å²) in [7, 11) is 0. The van der Waals surface area contributed by atoms with Crippen molar-refractivity contribution < 1.29 is 13.9 Å². The van der Waals surface area contributed by atoms with Gasteiger partial charge in [-0.2, -0.15) is 0 Å². The normalized spacial score (nSPS) is 14.9. The number of esters is 1. The Hall–Kier alpha value is -2.95. The SMILES string of the molecule is CC(OC(=O)c1nc(-c2ccccc2)oc1C1CC1)c1ccccn1. The number of pyridine rings is 1. The van der Waals surface area contributed by atoms with Crippen molar-refractivity contribution in [3.05, 3.63) is 71.9 Å². The zero-order valence-corrected chi connectivity index (χ0v) is 13.9. The van der Waals surface area contributed by atoms with E-state index in [0.717, 1.165) is 18.4 Å². The number of oxazole rings is 1. The van der Waals surface area contributed by atoms with Crippen molar-refractivity contribution in [2.75, 3.05) is 0 Å². The van der Waals surface area contributed by atoms with Crippen molar-refractivity contribution in [2.24, 2.45) is 0 Å². The number of carbonyl (C=O) groups is 1. The van der Waals surface area contributed by atoms with Crippen LogP contribution in [0.5, 0.6) is 0 Å². The van der Waals surface area contributed by atoms with Crippen LogP contribution >= 0.6 is 0 Å². The average molecular weight is 334 g/mol. The van der Waals surface area contributed by atoms with E-state index in [2.05, 4.69) is 9.97 Å². The van der Waals surface area contributed by atoms with Gasteiger partial charge in [-0.25, -0.2) is 9.78 Å². The maximum absolute atomic E-state index is 12.7. The molecule has 25 heavy (non-hydrogen) atoms. The van der Waals surface area contributed by atoms with E-state index in [1.165, 1.54) is 0 Å². The second-order valence-electron chi connectivity index (χ2n) is 6.17. The van der Waals surface area contributed by atoms with Crippen molar-refractivity contribution in [1.82, 2.24) is 9.97 Å². The molecule has 0 aliphatic heterocycles. The molecule has 1 fully saturated rings. The fourth-order valence-electron chi connectivity index (χ4n) is 2.70. The maximum atomic E-state index is 12.7. The van der Waals surface area contributed by atoms with Crippen LogP contribution in [0.25, 0.3) is 11.5 Å². The molecule has 4 rings (SSSR count). The Morgan fingerprint density at radius 2 is 1.92 bits per heavy atom. The van der Waals surface area contributed by atoms with Gasteiger partial charge < -0.3 is 9.15 Å². The number of aromatic nitrogens is 2. The van der Waals surface area contributed by atoms with E-state index in [9.17, 15) is 4.79 Å². The molecule has 0 spiro atoms. The lowest BCUT2D eigenvalue weighted by atomic mass is 10.2. The second-order valence-corrected chi connectivity index (χ2v) is 6.17. The Kier molecular flexibility index (Phi) is 4.06. The van der Waals surface area contributed by atoms with Crippen molar-refractivity contribution in [3.8, 4) is 11.5 Å². The van der Waals surface area contributed by atoms with Gasteiger partial charge in [0.25, 0.3) is 0 Å². The molecule has 1 aromatic carbocycles. The summed E-state index contributed by atoms with van der Waals surface area (Å²) >= 11 is 0. The molecule has 1 saturated carbocycles. The highest BCUT2D eigenvalue weighted by atomic mass is 16.5. The summed E-state index contributed by atoms with van der Waals surface area (Å²) in [5.74, 6) is 0.890. The summed E-state index contributed by atoms with van der Waals surface area (Å²) in [6.07, 6.45) is 3.26. The summed E-state index contributed by atoms with van der Waals surface area (Å²) in [6, 6.07) is 15.1. The third kappa shape index (κ3) is 3.31. The van der Waals surface area contributed by atoms with E-state index in [-0.39, 0.29) is 11.6 Å². The van der Waals surface area contributed by atoms with Gasteiger partial charge in [-0.3, -0.25) is 4.98 Å². The molecule has 126 valence electrons. The molecule has 0 amide bonds. The van der Waals surface area contributed by atoms with Crippen LogP contribution in [0.2, 0.25) is 0 Å². The van der Waals surface area contributed by atoms with E-state index < -0.39 is 12.1 Å². The molecule has 5 heteroatoms. The first-order valence-corrected chi connectivity index (χ1v) is 8.40. The van der Waals surface area contributed by atoms with Crippen LogP contribution in [0.3, 0.4) is 0 Å². The third-order valence-electron chi connectivity index (χ3n) is 4.20. The molecule has 1 unspecified atom stereocenters. The Balaban J connectivity index is 1.60. The minimum Gasteiger partial charge on any atom is -0.451 e. The maximum Gasteiger partial charge on any atom is 0.361 e. The predicted molar refractivity (Wildman–Crippen MR) is 92.0 cm³/mol. The smallest absolute Gasteiger partial charge is 0.361 e. The van der Waals surface area contributed by atoms with Gasteiger partial charge in [-0.1, -0.05) is 24.3 Å². The molecule has 2 heterocycles. The molecule has 0 radical (unpaired) electrons. The van der Waals surface area contributed by atoms with Gasteiger partial charge in [0, 0.05) is 17.7 Å². The second kappa shape index (κ2) is 6.51. The van der Waals surface area contributed by atoms with Crippen LogP contribution in [0.15, 0.2) is 59.1 Å². The minimum atomic E-state index is -0.467. The molecular weight excluding hydrogens is 316 g/mol. The first-order chi connectivity index (χ1) is 12.2. The Morgan fingerprint density at radius 3 is 2.60 bits per heavy atom. The molecule has 0 N–H and O–H groups in total. The fraction of sp³-hybridized carbons (Fsp3) is 0.250. The Bertz CT molecular complexity index is 870. The number of benzene rings is 1. The molecule has 1 atom stereocenters. The lowest BCUT2D eigenvalue weighted by Crippen LogP contribution is -2.12. The zero-order chi connectivity index (χ0) is 17.2. The van der Waals surface area contributed by atoms with Gasteiger partial charge in [0.05, 0.1) is 5.69 Å². The van der Waals surface area contributed by atoms with Crippen LogP contribution in [0, 0.1) is 0 Å². The molecule has 1 aliphatic rings.